The zero-order valence-electron chi connectivity index (χ0n) is 17.9. The number of pyridine rings is 1. The second-order valence-electron chi connectivity index (χ2n) is 9.09. The molecule has 0 radical (unpaired) electrons. The molecule has 5 rings (SSSR count). The molecule has 0 unspecified atom stereocenters. The van der Waals surface area contributed by atoms with Gasteiger partial charge in [-0.1, -0.05) is 48.0 Å². The molecule has 2 fully saturated rings. The minimum atomic E-state index is -0.261. The van der Waals surface area contributed by atoms with Crippen LogP contribution < -0.4 is 4.90 Å². The topological polar surface area (TPSA) is 36.4 Å². The highest BCUT2D eigenvalue weighted by Gasteiger charge is 2.48. The lowest BCUT2D eigenvalue weighted by Gasteiger charge is -2.39. The normalized spacial score (nSPS) is 21.7. The Morgan fingerprint density at radius 1 is 1.00 bits per heavy atom. The number of hydrogen-bond acceptors (Lipinski definition) is 3. The highest BCUT2D eigenvalue weighted by atomic mass is 16.2. The van der Waals surface area contributed by atoms with Crippen molar-refractivity contribution < 1.29 is 4.79 Å². The van der Waals surface area contributed by atoms with Gasteiger partial charge in [-0.3, -0.25) is 4.79 Å². The number of carbonyl (C=O) groups excluding carboxylic acids is 1. The second kappa shape index (κ2) is 7.42. The van der Waals surface area contributed by atoms with Gasteiger partial charge in [-0.15, -0.1) is 0 Å². The number of carbonyl (C=O) groups is 1. The molecule has 0 saturated carbocycles. The van der Waals surface area contributed by atoms with Crippen LogP contribution in [0.1, 0.15) is 36.0 Å². The zero-order chi connectivity index (χ0) is 20.7. The van der Waals surface area contributed by atoms with Crippen LogP contribution in [0, 0.1) is 19.3 Å². The van der Waals surface area contributed by atoms with Crippen LogP contribution in [0.2, 0.25) is 0 Å². The van der Waals surface area contributed by atoms with Crippen LogP contribution in [-0.4, -0.2) is 35.4 Å². The van der Waals surface area contributed by atoms with Gasteiger partial charge >= 0.3 is 0 Å². The largest absolute Gasteiger partial charge is 0.355 e. The fourth-order valence-electron chi connectivity index (χ4n) is 5.27. The fraction of sp³-hybridized carbons (Fsp3) is 0.385. The number of fused-ring (bicyclic) bond motifs is 1. The third-order valence-electron chi connectivity index (χ3n) is 6.87. The zero-order valence-corrected chi connectivity index (χ0v) is 17.9. The average Bonchev–Trinajstić information content (AvgIpc) is 3.17. The molecule has 0 N–H and O–H groups in total. The molecular weight excluding hydrogens is 370 g/mol. The van der Waals surface area contributed by atoms with E-state index in [9.17, 15) is 4.79 Å². The molecule has 154 valence electrons. The molecule has 3 aromatic rings. The van der Waals surface area contributed by atoms with E-state index in [1.54, 1.807) is 0 Å². The Morgan fingerprint density at radius 2 is 1.87 bits per heavy atom. The lowest BCUT2D eigenvalue weighted by atomic mass is 9.78. The first-order valence-corrected chi connectivity index (χ1v) is 11.0. The van der Waals surface area contributed by atoms with E-state index in [2.05, 4.69) is 72.2 Å². The van der Waals surface area contributed by atoms with Crippen LogP contribution in [0.4, 0.5) is 5.82 Å². The van der Waals surface area contributed by atoms with Crippen molar-refractivity contribution in [3.05, 3.63) is 71.3 Å². The van der Waals surface area contributed by atoms with Crippen LogP contribution in [0.5, 0.6) is 0 Å². The fourth-order valence-corrected chi connectivity index (χ4v) is 5.27. The Labute approximate surface area is 178 Å². The molecule has 2 saturated heterocycles. The summed E-state index contributed by atoms with van der Waals surface area (Å²) in [5, 5.41) is 1.20. The number of nitrogens with zero attached hydrogens (tertiary/aromatic N) is 3. The first kappa shape index (κ1) is 19.1. The summed E-state index contributed by atoms with van der Waals surface area (Å²) < 4.78 is 0. The van der Waals surface area contributed by atoms with E-state index >= 15 is 0 Å². The maximum absolute atomic E-state index is 13.6. The van der Waals surface area contributed by atoms with E-state index in [1.165, 1.54) is 22.1 Å². The van der Waals surface area contributed by atoms with E-state index in [0.29, 0.717) is 5.91 Å². The number of benzene rings is 2. The van der Waals surface area contributed by atoms with Gasteiger partial charge in [-0.25, -0.2) is 4.98 Å². The van der Waals surface area contributed by atoms with E-state index in [0.717, 1.165) is 56.8 Å². The molecular formula is C26H29N3O. The number of rotatable bonds is 3. The van der Waals surface area contributed by atoms with Crippen molar-refractivity contribution in [2.45, 2.75) is 39.7 Å². The average molecular weight is 400 g/mol. The summed E-state index contributed by atoms with van der Waals surface area (Å²) in [5.74, 6) is 1.34. The predicted octanol–water partition coefficient (Wildman–Crippen LogP) is 4.87. The van der Waals surface area contributed by atoms with E-state index in [4.69, 9.17) is 4.98 Å². The number of aromatic nitrogens is 1. The molecule has 0 bridgehead atoms. The molecule has 2 aromatic carbocycles. The number of aryl methyl sites for hydroxylation is 2. The van der Waals surface area contributed by atoms with Crippen molar-refractivity contribution >= 4 is 22.6 Å². The Hall–Kier alpha value is -2.88. The smallest absolute Gasteiger partial charge is 0.230 e. The third kappa shape index (κ3) is 3.34. The lowest BCUT2D eigenvalue weighted by Crippen LogP contribution is -2.49. The molecule has 4 heteroatoms. The van der Waals surface area contributed by atoms with Gasteiger partial charge in [0.05, 0.1) is 10.9 Å². The van der Waals surface area contributed by atoms with Crippen molar-refractivity contribution in [1.29, 1.82) is 0 Å². The molecule has 3 heterocycles. The second-order valence-corrected chi connectivity index (χ2v) is 9.09. The van der Waals surface area contributed by atoms with Crippen LogP contribution in [0.3, 0.4) is 0 Å². The van der Waals surface area contributed by atoms with Crippen LogP contribution in [-0.2, 0) is 11.3 Å². The summed E-state index contributed by atoms with van der Waals surface area (Å²) in [7, 11) is 0. The minimum Gasteiger partial charge on any atom is -0.355 e. The Morgan fingerprint density at radius 3 is 2.73 bits per heavy atom. The molecule has 1 aromatic heterocycles. The van der Waals surface area contributed by atoms with E-state index in [1.807, 2.05) is 6.07 Å². The van der Waals surface area contributed by atoms with Crippen molar-refractivity contribution in [3.63, 3.8) is 0 Å². The Kier molecular flexibility index (Phi) is 4.73. The summed E-state index contributed by atoms with van der Waals surface area (Å²) in [6.07, 6.45) is 2.98. The van der Waals surface area contributed by atoms with Gasteiger partial charge < -0.3 is 9.80 Å². The molecule has 0 aliphatic carbocycles. The monoisotopic (exact) mass is 399 g/mol. The van der Waals surface area contributed by atoms with Gasteiger partial charge in [0.25, 0.3) is 0 Å². The van der Waals surface area contributed by atoms with Gasteiger partial charge in [0.15, 0.2) is 0 Å². The first-order chi connectivity index (χ1) is 14.5. The van der Waals surface area contributed by atoms with Crippen LogP contribution in [0.15, 0.2) is 54.6 Å². The molecule has 2 aliphatic heterocycles. The quantitative estimate of drug-likeness (QED) is 0.630. The highest BCUT2D eigenvalue weighted by molar-refractivity contribution is 5.86. The first-order valence-electron chi connectivity index (χ1n) is 11.0. The highest BCUT2D eigenvalue weighted by Crippen LogP contribution is 2.42. The predicted molar refractivity (Wildman–Crippen MR) is 122 cm³/mol. The summed E-state index contributed by atoms with van der Waals surface area (Å²) in [6.45, 7) is 7.51. The molecule has 1 amide bonds. The molecule has 2 aliphatic rings. The van der Waals surface area contributed by atoms with Gasteiger partial charge in [-0.2, -0.15) is 0 Å². The number of likely N-dealkylation sites (tertiary alicyclic amines) is 1. The maximum Gasteiger partial charge on any atom is 0.230 e. The molecule has 4 nitrogen and oxygen atoms in total. The number of piperidine rings is 1. The summed E-state index contributed by atoms with van der Waals surface area (Å²) in [6, 6.07) is 19.0. The van der Waals surface area contributed by atoms with Gasteiger partial charge in [0.2, 0.25) is 5.91 Å². The maximum atomic E-state index is 13.6. The van der Waals surface area contributed by atoms with Gasteiger partial charge in [0.1, 0.15) is 5.82 Å². The molecule has 1 spiro atoms. The Balaban J connectivity index is 1.37. The van der Waals surface area contributed by atoms with E-state index < -0.39 is 0 Å². The number of anilines is 1. The van der Waals surface area contributed by atoms with Crippen molar-refractivity contribution in [1.82, 2.24) is 9.88 Å². The Bertz CT molecular complexity index is 1110. The van der Waals surface area contributed by atoms with Gasteiger partial charge in [0, 0.05) is 31.6 Å². The lowest BCUT2D eigenvalue weighted by molar-refractivity contribution is -0.145. The minimum absolute atomic E-state index is 0.261. The summed E-state index contributed by atoms with van der Waals surface area (Å²) >= 11 is 0. The van der Waals surface area contributed by atoms with Crippen LogP contribution in [0.25, 0.3) is 10.9 Å². The third-order valence-corrected chi connectivity index (χ3v) is 6.87. The van der Waals surface area contributed by atoms with Crippen molar-refractivity contribution in [2.75, 3.05) is 24.5 Å². The van der Waals surface area contributed by atoms with Crippen molar-refractivity contribution in [2.24, 2.45) is 5.41 Å². The number of hydrogen-bond donors (Lipinski definition) is 0. The van der Waals surface area contributed by atoms with Gasteiger partial charge in [-0.05, 0) is 56.4 Å². The number of amides is 1. The van der Waals surface area contributed by atoms with E-state index in [-0.39, 0.29) is 5.41 Å². The number of para-hydroxylation sites is 1. The standard InChI is InChI=1S/C26H29N3O/c1-19-7-5-8-21(15-19)17-28-13-6-11-26(25(28)30)12-14-29(18-26)24-16-20(2)22-9-3-4-10-23(22)27-24/h3-5,7-10,15-16H,6,11-14,17-18H2,1-2H3/t26-/m0/s1. The van der Waals surface area contributed by atoms with Crippen LogP contribution >= 0.6 is 0 Å². The SMILES string of the molecule is Cc1cccc(CN2CCC[C@@]3(CCN(c4cc(C)c5ccccc5n4)C3)C2=O)c1. The van der Waals surface area contributed by atoms with Crippen molar-refractivity contribution in [3.8, 4) is 0 Å². The summed E-state index contributed by atoms with van der Waals surface area (Å²) in [4.78, 5) is 22.9. The molecule has 1 atom stereocenters. The summed E-state index contributed by atoms with van der Waals surface area (Å²) in [5.41, 5.74) is 4.49. The molecule has 30 heavy (non-hydrogen) atoms.